The van der Waals surface area contributed by atoms with Gasteiger partial charge in [0, 0.05) is 6.54 Å². The van der Waals surface area contributed by atoms with Crippen LogP contribution in [0.4, 0.5) is 13.2 Å². The van der Waals surface area contributed by atoms with E-state index >= 15 is 0 Å². The van der Waals surface area contributed by atoms with Gasteiger partial charge in [-0.1, -0.05) is 6.07 Å². The summed E-state index contributed by atoms with van der Waals surface area (Å²) in [4.78, 5) is 2.03. The first-order valence-electron chi connectivity index (χ1n) is 6.01. The molecule has 0 radical (unpaired) electrons. The van der Waals surface area contributed by atoms with E-state index < -0.39 is 11.7 Å². The van der Waals surface area contributed by atoms with Crippen LogP contribution in [-0.2, 0) is 6.18 Å². The van der Waals surface area contributed by atoms with Gasteiger partial charge in [0.05, 0.1) is 5.56 Å². The van der Waals surface area contributed by atoms with Gasteiger partial charge in [-0.3, -0.25) is 4.90 Å². The van der Waals surface area contributed by atoms with Crippen molar-refractivity contribution in [2.75, 3.05) is 13.6 Å². The highest BCUT2D eigenvalue weighted by Crippen LogP contribution is 2.32. The number of rotatable bonds is 2. The van der Waals surface area contributed by atoms with Crippen LogP contribution in [-0.4, -0.2) is 24.7 Å². The molecule has 5 heteroatoms. The molecule has 0 bridgehead atoms. The standard InChI is InChI=1S/C13H16F3NO/c1-17-8-3-2-7-12(17)18-11-6-4-5-10(9-11)13(14,15)16/h4-6,9,12H,2-3,7-8H2,1H3. The minimum atomic E-state index is -4.32. The number of benzene rings is 1. The molecule has 1 atom stereocenters. The minimum absolute atomic E-state index is 0.123. The van der Waals surface area contributed by atoms with Gasteiger partial charge in [0.25, 0.3) is 0 Å². The molecule has 1 fully saturated rings. The summed E-state index contributed by atoms with van der Waals surface area (Å²) < 4.78 is 43.3. The summed E-state index contributed by atoms with van der Waals surface area (Å²) in [5, 5.41) is 0. The minimum Gasteiger partial charge on any atom is -0.475 e. The summed E-state index contributed by atoms with van der Waals surface area (Å²) in [7, 11) is 1.93. The molecule has 0 saturated carbocycles. The molecule has 18 heavy (non-hydrogen) atoms. The van der Waals surface area contributed by atoms with Gasteiger partial charge in [-0.2, -0.15) is 13.2 Å². The highest BCUT2D eigenvalue weighted by molar-refractivity contribution is 5.30. The fourth-order valence-electron chi connectivity index (χ4n) is 2.10. The number of halogens is 3. The molecule has 1 aliphatic heterocycles. The van der Waals surface area contributed by atoms with Crippen molar-refractivity contribution in [1.29, 1.82) is 0 Å². The molecule has 0 spiro atoms. The van der Waals surface area contributed by atoms with Gasteiger partial charge in [0.2, 0.25) is 0 Å². The maximum Gasteiger partial charge on any atom is 0.416 e. The molecule has 2 rings (SSSR count). The van der Waals surface area contributed by atoms with Gasteiger partial charge in [0.15, 0.2) is 6.23 Å². The van der Waals surface area contributed by atoms with Gasteiger partial charge in [0.1, 0.15) is 5.75 Å². The number of alkyl halides is 3. The van der Waals surface area contributed by atoms with Crippen LogP contribution in [0.2, 0.25) is 0 Å². The van der Waals surface area contributed by atoms with E-state index in [1.54, 1.807) is 6.07 Å². The Morgan fingerprint density at radius 1 is 1.28 bits per heavy atom. The Hall–Kier alpha value is -1.23. The number of hydrogen-bond acceptors (Lipinski definition) is 2. The van der Waals surface area contributed by atoms with E-state index in [1.807, 2.05) is 11.9 Å². The molecule has 1 aromatic rings. The Morgan fingerprint density at radius 2 is 2.06 bits per heavy atom. The van der Waals surface area contributed by atoms with Gasteiger partial charge in [-0.25, -0.2) is 0 Å². The van der Waals surface area contributed by atoms with Crippen LogP contribution < -0.4 is 4.74 Å². The Bertz CT molecular complexity index is 405. The van der Waals surface area contributed by atoms with Crippen LogP contribution in [0.25, 0.3) is 0 Å². The molecule has 0 aliphatic carbocycles. The Labute approximate surface area is 104 Å². The van der Waals surface area contributed by atoms with Crippen molar-refractivity contribution in [3.05, 3.63) is 29.8 Å². The lowest BCUT2D eigenvalue weighted by Gasteiger charge is -2.32. The fourth-order valence-corrected chi connectivity index (χ4v) is 2.10. The molecule has 1 unspecified atom stereocenters. The maximum atomic E-state index is 12.6. The number of hydrogen-bond donors (Lipinski definition) is 0. The average molecular weight is 259 g/mol. The molecule has 2 nitrogen and oxygen atoms in total. The number of likely N-dealkylation sites (tertiary alicyclic amines) is 1. The Kier molecular flexibility index (Phi) is 3.80. The first kappa shape index (κ1) is 13.2. The normalized spacial score (nSPS) is 21.9. The van der Waals surface area contributed by atoms with Crippen LogP contribution in [0, 0.1) is 0 Å². The van der Waals surface area contributed by atoms with E-state index in [0.29, 0.717) is 0 Å². The summed E-state index contributed by atoms with van der Waals surface area (Å²) in [6, 6.07) is 5.05. The van der Waals surface area contributed by atoms with Gasteiger partial charge < -0.3 is 4.74 Å². The zero-order valence-electron chi connectivity index (χ0n) is 10.2. The summed E-state index contributed by atoms with van der Waals surface area (Å²) in [6.07, 6.45) is -1.43. The van der Waals surface area contributed by atoms with Crippen molar-refractivity contribution in [2.24, 2.45) is 0 Å². The largest absolute Gasteiger partial charge is 0.475 e. The second-order valence-electron chi connectivity index (χ2n) is 4.57. The van der Waals surface area contributed by atoms with Crippen molar-refractivity contribution < 1.29 is 17.9 Å². The van der Waals surface area contributed by atoms with Crippen molar-refractivity contribution >= 4 is 0 Å². The van der Waals surface area contributed by atoms with E-state index in [9.17, 15) is 13.2 Å². The lowest BCUT2D eigenvalue weighted by atomic mass is 10.1. The number of nitrogens with zero attached hydrogens (tertiary/aromatic N) is 1. The molecular weight excluding hydrogens is 243 g/mol. The zero-order valence-corrected chi connectivity index (χ0v) is 10.2. The van der Waals surface area contributed by atoms with E-state index in [1.165, 1.54) is 6.07 Å². The maximum absolute atomic E-state index is 12.6. The summed E-state index contributed by atoms with van der Waals surface area (Å²) in [5.41, 5.74) is -0.668. The van der Waals surface area contributed by atoms with Crippen LogP contribution in [0.15, 0.2) is 24.3 Å². The third-order valence-corrected chi connectivity index (χ3v) is 3.14. The highest BCUT2D eigenvalue weighted by atomic mass is 19.4. The molecule has 1 aliphatic rings. The third kappa shape index (κ3) is 3.16. The van der Waals surface area contributed by atoms with Crippen molar-refractivity contribution in [3.63, 3.8) is 0 Å². The monoisotopic (exact) mass is 259 g/mol. The summed E-state index contributed by atoms with van der Waals surface area (Å²) >= 11 is 0. The first-order chi connectivity index (χ1) is 8.47. The fraction of sp³-hybridized carbons (Fsp3) is 0.538. The second kappa shape index (κ2) is 5.18. The Morgan fingerprint density at radius 3 is 2.72 bits per heavy atom. The molecule has 100 valence electrons. The molecule has 1 saturated heterocycles. The van der Waals surface area contributed by atoms with E-state index in [0.717, 1.165) is 37.9 Å². The number of ether oxygens (including phenoxy) is 1. The van der Waals surface area contributed by atoms with Crippen LogP contribution in [0.5, 0.6) is 5.75 Å². The topological polar surface area (TPSA) is 12.5 Å². The van der Waals surface area contributed by atoms with Crippen molar-refractivity contribution in [1.82, 2.24) is 4.90 Å². The SMILES string of the molecule is CN1CCCCC1Oc1cccc(C(F)(F)F)c1. The summed E-state index contributed by atoms with van der Waals surface area (Å²) in [6.45, 7) is 0.920. The highest BCUT2D eigenvalue weighted by Gasteiger charge is 2.31. The lowest BCUT2D eigenvalue weighted by molar-refractivity contribution is -0.137. The third-order valence-electron chi connectivity index (χ3n) is 3.14. The number of piperidine rings is 1. The molecule has 0 aromatic heterocycles. The molecular formula is C13H16F3NO. The predicted molar refractivity (Wildman–Crippen MR) is 62.3 cm³/mol. The van der Waals surface area contributed by atoms with E-state index in [-0.39, 0.29) is 12.0 Å². The molecule has 1 aromatic carbocycles. The quantitative estimate of drug-likeness (QED) is 0.805. The van der Waals surface area contributed by atoms with Gasteiger partial charge in [-0.05, 0) is 44.5 Å². The first-order valence-corrected chi connectivity index (χ1v) is 6.01. The molecule has 1 heterocycles. The van der Waals surface area contributed by atoms with Crippen LogP contribution in [0.3, 0.4) is 0 Å². The smallest absolute Gasteiger partial charge is 0.416 e. The van der Waals surface area contributed by atoms with Crippen LogP contribution in [0.1, 0.15) is 24.8 Å². The van der Waals surface area contributed by atoms with Gasteiger partial charge >= 0.3 is 6.18 Å². The molecule has 0 N–H and O–H groups in total. The second-order valence-corrected chi connectivity index (χ2v) is 4.57. The lowest BCUT2D eigenvalue weighted by Crippen LogP contribution is -2.40. The van der Waals surface area contributed by atoms with Crippen LogP contribution >= 0.6 is 0 Å². The van der Waals surface area contributed by atoms with Crippen molar-refractivity contribution in [2.45, 2.75) is 31.7 Å². The summed E-state index contributed by atoms with van der Waals surface area (Å²) in [5.74, 6) is 0.281. The zero-order chi connectivity index (χ0) is 13.2. The average Bonchev–Trinajstić information content (AvgIpc) is 2.31. The van der Waals surface area contributed by atoms with Gasteiger partial charge in [-0.15, -0.1) is 0 Å². The Balaban J connectivity index is 2.09. The van der Waals surface area contributed by atoms with Crippen molar-refractivity contribution in [3.8, 4) is 5.75 Å². The van der Waals surface area contributed by atoms with E-state index in [2.05, 4.69) is 0 Å². The van der Waals surface area contributed by atoms with E-state index in [4.69, 9.17) is 4.74 Å². The predicted octanol–water partition coefficient (Wildman–Crippen LogP) is 3.53. The molecule has 0 amide bonds.